The van der Waals surface area contributed by atoms with Gasteiger partial charge in [-0.05, 0) is 29.8 Å². The number of thiazole rings is 1. The summed E-state index contributed by atoms with van der Waals surface area (Å²) in [4.78, 5) is 6.62. The van der Waals surface area contributed by atoms with Gasteiger partial charge in [0.2, 0.25) is 0 Å². The average molecular weight is 298 g/mol. The van der Waals surface area contributed by atoms with Crippen molar-refractivity contribution in [2.24, 2.45) is 0 Å². The van der Waals surface area contributed by atoms with Crippen LogP contribution in [0.3, 0.4) is 0 Å². The van der Waals surface area contributed by atoms with Crippen molar-refractivity contribution in [3.8, 4) is 0 Å². The standard InChI is InChI=1S/C17H18N2OS/c1-19(2)13-9-7-12(8-10-13)15(20)11-17-18-14-5-3-4-6-16(14)21-17/h3-10,15,20H,11H2,1-2H3. The van der Waals surface area contributed by atoms with Gasteiger partial charge in [0.25, 0.3) is 0 Å². The van der Waals surface area contributed by atoms with Crippen LogP contribution in [0.15, 0.2) is 48.5 Å². The summed E-state index contributed by atoms with van der Waals surface area (Å²) in [5, 5.41) is 11.4. The molecule has 0 saturated heterocycles. The molecule has 1 atom stereocenters. The minimum atomic E-state index is -0.512. The number of rotatable bonds is 4. The summed E-state index contributed by atoms with van der Waals surface area (Å²) in [5.74, 6) is 0. The number of aromatic nitrogens is 1. The van der Waals surface area contributed by atoms with Crippen molar-refractivity contribution < 1.29 is 5.11 Å². The first kappa shape index (κ1) is 14.0. The van der Waals surface area contributed by atoms with Crippen LogP contribution in [-0.4, -0.2) is 24.2 Å². The first-order valence-corrected chi connectivity index (χ1v) is 7.75. The Morgan fingerprint density at radius 1 is 1.10 bits per heavy atom. The zero-order valence-electron chi connectivity index (χ0n) is 12.2. The largest absolute Gasteiger partial charge is 0.388 e. The molecule has 0 aliphatic heterocycles. The van der Waals surface area contributed by atoms with E-state index in [1.807, 2.05) is 61.5 Å². The van der Waals surface area contributed by atoms with Crippen molar-refractivity contribution in [2.75, 3.05) is 19.0 Å². The van der Waals surface area contributed by atoms with Crippen LogP contribution in [0.2, 0.25) is 0 Å². The van der Waals surface area contributed by atoms with Crippen LogP contribution < -0.4 is 4.90 Å². The van der Waals surface area contributed by atoms with Gasteiger partial charge in [-0.25, -0.2) is 4.98 Å². The molecule has 0 spiro atoms. The molecular weight excluding hydrogens is 280 g/mol. The number of benzene rings is 2. The van der Waals surface area contributed by atoms with E-state index in [1.165, 1.54) is 4.70 Å². The second kappa shape index (κ2) is 5.84. The van der Waals surface area contributed by atoms with E-state index < -0.39 is 6.10 Å². The van der Waals surface area contributed by atoms with Crippen LogP contribution in [0.5, 0.6) is 0 Å². The molecule has 0 bridgehead atoms. The molecule has 4 heteroatoms. The monoisotopic (exact) mass is 298 g/mol. The molecule has 1 unspecified atom stereocenters. The first-order valence-electron chi connectivity index (χ1n) is 6.93. The highest BCUT2D eigenvalue weighted by atomic mass is 32.1. The summed E-state index contributed by atoms with van der Waals surface area (Å²) in [5.41, 5.74) is 3.07. The molecule has 1 N–H and O–H groups in total. The summed E-state index contributed by atoms with van der Waals surface area (Å²) in [6, 6.07) is 16.1. The van der Waals surface area contributed by atoms with Gasteiger partial charge in [-0.3, -0.25) is 0 Å². The summed E-state index contributed by atoms with van der Waals surface area (Å²) >= 11 is 1.65. The molecule has 3 rings (SSSR count). The Bertz CT molecular complexity index is 701. The maximum absolute atomic E-state index is 10.4. The molecule has 0 fully saturated rings. The summed E-state index contributed by atoms with van der Waals surface area (Å²) in [6.07, 6.45) is 0.0440. The number of anilines is 1. The highest BCUT2D eigenvalue weighted by molar-refractivity contribution is 7.18. The normalized spacial score (nSPS) is 12.5. The summed E-state index contributed by atoms with van der Waals surface area (Å²) < 4.78 is 1.17. The lowest BCUT2D eigenvalue weighted by atomic mass is 10.1. The molecule has 2 aromatic carbocycles. The number of aliphatic hydroxyl groups is 1. The van der Waals surface area contributed by atoms with Gasteiger partial charge in [-0.1, -0.05) is 24.3 Å². The smallest absolute Gasteiger partial charge is 0.0967 e. The van der Waals surface area contributed by atoms with E-state index in [4.69, 9.17) is 0 Å². The van der Waals surface area contributed by atoms with Gasteiger partial charge in [0.1, 0.15) is 0 Å². The third-order valence-corrected chi connectivity index (χ3v) is 4.56. The lowest BCUT2D eigenvalue weighted by molar-refractivity contribution is 0.178. The molecular formula is C17H18N2OS. The molecule has 1 aromatic heterocycles. The van der Waals surface area contributed by atoms with Crippen LogP contribution in [0.4, 0.5) is 5.69 Å². The summed E-state index contributed by atoms with van der Waals surface area (Å²) in [7, 11) is 4.01. The van der Waals surface area contributed by atoms with E-state index in [-0.39, 0.29) is 0 Å². The Kier molecular flexibility index (Phi) is 3.90. The van der Waals surface area contributed by atoms with Crippen molar-refractivity contribution in [1.82, 2.24) is 4.98 Å². The minimum Gasteiger partial charge on any atom is -0.388 e. The maximum Gasteiger partial charge on any atom is 0.0967 e. The fraction of sp³-hybridized carbons (Fsp3) is 0.235. The lowest BCUT2D eigenvalue weighted by Gasteiger charge is -2.14. The Hall–Kier alpha value is -1.91. The van der Waals surface area contributed by atoms with Gasteiger partial charge in [0.15, 0.2) is 0 Å². The van der Waals surface area contributed by atoms with Gasteiger partial charge in [-0.2, -0.15) is 0 Å². The zero-order chi connectivity index (χ0) is 14.8. The molecule has 0 amide bonds. The van der Waals surface area contributed by atoms with Crippen molar-refractivity contribution in [3.63, 3.8) is 0 Å². The van der Waals surface area contributed by atoms with Crippen molar-refractivity contribution in [3.05, 3.63) is 59.1 Å². The highest BCUT2D eigenvalue weighted by Crippen LogP contribution is 2.26. The minimum absolute atomic E-state index is 0.512. The number of nitrogens with zero attached hydrogens (tertiary/aromatic N) is 2. The van der Waals surface area contributed by atoms with Gasteiger partial charge >= 0.3 is 0 Å². The quantitative estimate of drug-likeness (QED) is 0.799. The van der Waals surface area contributed by atoms with E-state index in [2.05, 4.69) is 11.1 Å². The Morgan fingerprint density at radius 2 is 1.81 bits per heavy atom. The van der Waals surface area contributed by atoms with Crippen molar-refractivity contribution >= 4 is 27.2 Å². The van der Waals surface area contributed by atoms with Crippen LogP contribution in [0.25, 0.3) is 10.2 Å². The fourth-order valence-corrected chi connectivity index (χ4v) is 3.29. The molecule has 1 heterocycles. The van der Waals surface area contributed by atoms with E-state index in [0.717, 1.165) is 21.8 Å². The highest BCUT2D eigenvalue weighted by Gasteiger charge is 2.12. The Balaban J connectivity index is 1.77. The number of hydrogen-bond donors (Lipinski definition) is 1. The first-order chi connectivity index (χ1) is 10.1. The molecule has 3 nitrogen and oxygen atoms in total. The summed E-state index contributed by atoms with van der Waals surface area (Å²) in [6.45, 7) is 0. The fourth-order valence-electron chi connectivity index (χ4n) is 2.29. The molecule has 108 valence electrons. The Labute approximate surface area is 128 Å². The van der Waals surface area contributed by atoms with Crippen molar-refractivity contribution in [1.29, 1.82) is 0 Å². The number of fused-ring (bicyclic) bond motifs is 1. The predicted molar refractivity (Wildman–Crippen MR) is 89.1 cm³/mol. The maximum atomic E-state index is 10.4. The van der Waals surface area contributed by atoms with E-state index in [9.17, 15) is 5.11 Å². The molecule has 3 aromatic rings. The number of hydrogen-bond acceptors (Lipinski definition) is 4. The predicted octanol–water partition coefficient (Wildman–Crippen LogP) is 3.64. The molecule has 0 aliphatic rings. The van der Waals surface area contributed by atoms with Crippen LogP contribution >= 0.6 is 11.3 Å². The van der Waals surface area contributed by atoms with Crippen LogP contribution in [-0.2, 0) is 6.42 Å². The second-order valence-electron chi connectivity index (χ2n) is 5.28. The molecule has 21 heavy (non-hydrogen) atoms. The molecule has 0 aliphatic carbocycles. The van der Waals surface area contributed by atoms with Crippen LogP contribution in [0.1, 0.15) is 16.7 Å². The SMILES string of the molecule is CN(C)c1ccc(C(O)Cc2nc3ccccc3s2)cc1. The third kappa shape index (κ3) is 3.06. The second-order valence-corrected chi connectivity index (χ2v) is 6.40. The van der Waals surface area contributed by atoms with E-state index >= 15 is 0 Å². The van der Waals surface area contributed by atoms with Crippen LogP contribution in [0, 0.1) is 0 Å². The lowest BCUT2D eigenvalue weighted by Crippen LogP contribution is -2.09. The van der Waals surface area contributed by atoms with Gasteiger partial charge in [-0.15, -0.1) is 11.3 Å². The van der Waals surface area contributed by atoms with Gasteiger partial charge in [0, 0.05) is 26.2 Å². The van der Waals surface area contributed by atoms with Crippen molar-refractivity contribution in [2.45, 2.75) is 12.5 Å². The van der Waals surface area contributed by atoms with E-state index in [0.29, 0.717) is 6.42 Å². The molecule has 0 saturated carbocycles. The topological polar surface area (TPSA) is 36.4 Å². The Morgan fingerprint density at radius 3 is 2.48 bits per heavy atom. The number of para-hydroxylation sites is 1. The third-order valence-electron chi connectivity index (χ3n) is 3.50. The van der Waals surface area contributed by atoms with E-state index in [1.54, 1.807) is 11.3 Å². The molecule has 0 radical (unpaired) electrons. The average Bonchev–Trinajstić information content (AvgIpc) is 2.89. The number of aliphatic hydroxyl groups excluding tert-OH is 1. The van der Waals surface area contributed by atoms with Gasteiger partial charge < -0.3 is 10.0 Å². The van der Waals surface area contributed by atoms with Gasteiger partial charge in [0.05, 0.1) is 21.3 Å². The zero-order valence-corrected chi connectivity index (χ0v) is 13.0.